The average Bonchev–Trinajstić information content (AvgIpc) is 2.64. The maximum atomic E-state index is 12.5. The third-order valence-corrected chi connectivity index (χ3v) is 4.01. The molecule has 3 aromatic rings. The summed E-state index contributed by atoms with van der Waals surface area (Å²) in [6.07, 6.45) is 1.29. The van der Waals surface area contributed by atoms with E-state index in [2.05, 4.69) is 20.6 Å². The topological polar surface area (TPSA) is 76.1 Å². The van der Waals surface area contributed by atoms with Gasteiger partial charge in [-0.05, 0) is 30.3 Å². The number of hydrogen-bond donors (Lipinski definition) is 2. The number of amides is 1. The molecule has 1 heterocycles. The number of anilines is 3. The number of methoxy groups -OCH3 is 1. The fraction of sp³-hybridized carbons (Fsp3) is 0.0556. The number of nitrogens with one attached hydrogen (secondary N) is 2. The first-order valence-electron chi connectivity index (χ1n) is 7.55. The summed E-state index contributed by atoms with van der Waals surface area (Å²) in [7, 11) is 1.51. The quantitative estimate of drug-likeness (QED) is 0.656. The molecule has 0 saturated heterocycles. The smallest absolute Gasteiger partial charge is 0.274 e. The lowest BCUT2D eigenvalue weighted by molar-refractivity contribution is 0.102. The van der Waals surface area contributed by atoms with Crippen molar-refractivity contribution in [2.75, 3.05) is 17.7 Å². The van der Waals surface area contributed by atoms with Gasteiger partial charge in [0.25, 0.3) is 5.91 Å². The number of ether oxygens (including phenoxy) is 1. The van der Waals surface area contributed by atoms with E-state index in [9.17, 15) is 4.79 Å². The average molecular weight is 389 g/mol. The van der Waals surface area contributed by atoms with Crippen molar-refractivity contribution in [3.8, 4) is 5.75 Å². The van der Waals surface area contributed by atoms with Gasteiger partial charge in [0.05, 0.1) is 23.5 Å². The van der Waals surface area contributed by atoms with Crippen LogP contribution in [-0.4, -0.2) is 23.0 Å². The van der Waals surface area contributed by atoms with E-state index in [-0.39, 0.29) is 5.69 Å². The van der Waals surface area contributed by atoms with Crippen molar-refractivity contribution in [1.82, 2.24) is 9.97 Å². The first kappa shape index (κ1) is 18.0. The van der Waals surface area contributed by atoms with Crippen molar-refractivity contribution in [1.29, 1.82) is 0 Å². The normalized spacial score (nSPS) is 10.3. The summed E-state index contributed by atoms with van der Waals surface area (Å²) in [6, 6.07) is 13.7. The number of aromatic nitrogens is 2. The lowest BCUT2D eigenvalue weighted by atomic mass is 10.2. The molecular weight excluding hydrogens is 375 g/mol. The molecule has 0 unspecified atom stereocenters. The van der Waals surface area contributed by atoms with Crippen LogP contribution >= 0.6 is 23.2 Å². The van der Waals surface area contributed by atoms with Crippen molar-refractivity contribution in [2.24, 2.45) is 0 Å². The summed E-state index contributed by atoms with van der Waals surface area (Å²) in [5.41, 5.74) is 1.30. The molecule has 0 bridgehead atoms. The van der Waals surface area contributed by atoms with Crippen molar-refractivity contribution < 1.29 is 9.53 Å². The van der Waals surface area contributed by atoms with Gasteiger partial charge in [0.2, 0.25) is 0 Å². The molecule has 0 fully saturated rings. The lowest BCUT2D eigenvalue weighted by Crippen LogP contribution is -2.15. The van der Waals surface area contributed by atoms with Crippen molar-refractivity contribution in [3.05, 3.63) is 70.6 Å². The Labute approximate surface area is 160 Å². The molecule has 1 aromatic heterocycles. The third kappa shape index (κ3) is 4.22. The van der Waals surface area contributed by atoms with E-state index >= 15 is 0 Å². The Morgan fingerprint density at radius 1 is 1.04 bits per heavy atom. The predicted molar refractivity (Wildman–Crippen MR) is 103 cm³/mol. The molecule has 0 atom stereocenters. The standard InChI is InChI=1S/C18H14Cl2N4O2/c1-26-16-7-6-11(19)8-14(16)24-18(25)15-9-17(22-10-21-15)23-13-5-3-2-4-12(13)20/h2-10H,1H3,(H,24,25)(H,21,22,23). The molecule has 0 aliphatic rings. The number of rotatable bonds is 5. The Morgan fingerprint density at radius 3 is 2.62 bits per heavy atom. The fourth-order valence-electron chi connectivity index (χ4n) is 2.21. The van der Waals surface area contributed by atoms with Crippen LogP contribution in [-0.2, 0) is 0 Å². The maximum Gasteiger partial charge on any atom is 0.274 e. The van der Waals surface area contributed by atoms with E-state index in [0.717, 1.165) is 0 Å². The van der Waals surface area contributed by atoms with E-state index in [0.29, 0.717) is 33.0 Å². The fourth-order valence-corrected chi connectivity index (χ4v) is 2.57. The molecule has 1 amide bonds. The van der Waals surface area contributed by atoms with Gasteiger partial charge in [0.15, 0.2) is 0 Å². The molecule has 2 aromatic carbocycles. The minimum atomic E-state index is -0.421. The van der Waals surface area contributed by atoms with Gasteiger partial charge in [-0.25, -0.2) is 9.97 Å². The van der Waals surface area contributed by atoms with Gasteiger partial charge in [-0.15, -0.1) is 0 Å². The number of benzene rings is 2. The van der Waals surface area contributed by atoms with Gasteiger partial charge in [0, 0.05) is 11.1 Å². The molecule has 6 nitrogen and oxygen atoms in total. The Bertz CT molecular complexity index is 950. The number of hydrogen-bond acceptors (Lipinski definition) is 5. The zero-order valence-electron chi connectivity index (χ0n) is 13.7. The Hall–Kier alpha value is -2.83. The van der Waals surface area contributed by atoms with E-state index in [1.165, 1.54) is 19.5 Å². The van der Waals surface area contributed by atoms with Gasteiger partial charge >= 0.3 is 0 Å². The van der Waals surface area contributed by atoms with E-state index in [1.807, 2.05) is 12.1 Å². The van der Waals surface area contributed by atoms with E-state index in [4.69, 9.17) is 27.9 Å². The number of nitrogens with zero attached hydrogens (tertiary/aromatic N) is 2. The van der Waals surface area contributed by atoms with Crippen LogP contribution in [0.1, 0.15) is 10.5 Å². The summed E-state index contributed by atoms with van der Waals surface area (Å²) in [5, 5.41) is 6.80. The van der Waals surface area contributed by atoms with Gasteiger partial charge < -0.3 is 15.4 Å². The van der Waals surface area contributed by atoms with Crippen LogP contribution in [0.3, 0.4) is 0 Å². The largest absolute Gasteiger partial charge is 0.495 e. The van der Waals surface area contributed by atoms with Crippen LogP contribution in [0.25, 0.3) is 0 Å². The third-order valence-electron chi connectivity index (χ3n) is 3.45. The van der Waals surface area contributed by atoms with Crippen molar-refractivity contribution in [3.63, 3.8) is 0 Å². The number of para-hydroxylation sites is 1. The van der Waals surface area contributed by atoms with Crippen LogP contribution in [0.5, 0.6) is 5.75 Å². The second kappa shape index (κ2) is 8.03. The predicted octanol–water partition coefficient (Wildman–Crippen LogP) is 4.79. The van der Waals surface area contributed by atoms with Crippen LogP contribution < -0.4 is 15.4 Å². The highest BCUT2D eigenvalue weighted by molar-refractivity contribution is 6.33. The Morgan fingerprint density at radius 2 is 1.85 bits per heavy atom. The second-order valence-electron chi connectivity index (χ2n) is 5.19. The van der Waals surface area contributed by atoms with Crippen LogP contribution in [0.15, 0.2) is 54.9 Å². The first-order chi connectivity index (χ1) is 12.6. The zero-order valence-corrected chi connectivity index (χ0v) is 15.2. The highest BCUT2D eigenvalue weighted by Gasteiger charge is 2.13. The monoisotopic (exact) mass is 388 g/mol. The molecule has 26 heavy (non-hydrogen) atoms. The Kier molecular flexibility index (Phi) is 5.55. The minimum Gasteiger partial charge on any atom is -0.495 e. The number of halogens is 2. The molecule has 3 rings (SSSR count). The van der Waals surface area contributed by atoms with E-state index in [1.54, 1.807) is 30.3 Å². The maximum absolute atomic E-state index is 12.5. The molecule has 0 radical (unpaired) electrons. The molecule has 0 aliphatic carbocycles. The zero-order chi connectivity index (χ0) is 18.5. The van der Waals surface area contributed by atoms with Gasteiger partial charge in [-0.3, -0.25) is 4.79 Å². The molecule has 8 heteroatoms. The number of carbonyl (C=O) groups excluding carboxylic acids is 1. The Balaban J connectivity index is 1.81. The SMILES string of the molecule is COc1ccc(Cl)cc1NC(=O)c1cc(Nc2ccccc2Cl)ncn1. The number of carbonyl (C=O) groups is 1. The molecular formula is C18H14Cl2N4O2. The molecule has 0 aliphatic heterocycles. The minimum absolute atomic E-state index is 0.177. The van der Waals surface area contributed by atoms with Crippen LogP contribution in [0.4, 0.5) is 17.2 Å². The summed E-state index contributed by atoms with van der Waals surface area (Å²) in [6.45, 7) is 0. The molecule has 2 N–H and O–H groups in total. The van der Waals surface area contributed by atoms with Gasteiger partial charge in [0.1, 0.15) is 23.6 Å². The van der Waals surface area contributed by atoms with E-state index < -0.39 is 5.91 Å². The summed E-state index contributed by atoms with van der Waals surface area (Å²) in [5.74, 6) is 0.512. The van der Waals surface area contributed by atoms with Gasteiger partial charge in [-0.1, -0.05) is 35.3 Å². The first-order valence-corrected chi connectivity index (χ1v) is 8.31. The summed E-state index contributed by atoms with van der Waals surface area (Å²) >= 11 is 12.1. The van der Waals surface area contributed by atoms with Crippen LogP contribution in [0.2, 0.25) is 10.0 Å². The molecule has 0 spiro atoms. The highest BCUT2D eigenvalue weighted by atomic mass is 35.5. The second-order valence-corrected chi connectivity index (χ2v) is 6.04. The summed E-state index contributed by atoms with van der Waals surface area (Å²) < 4.78 is 5.22. The van der Waals surface area contributed by atoms with Crippen molar-refractivity contribution in [2.45, 2.75) is 0 Å². The van der Waals surface area contributed by atoms with Crippen LogP contribution in [0, 0.1) is 0 Å². The molecule has 0 saturated carbocycles. The van der Waals surface area contributed by atoms with Crippen molar-refractivity contribution >= 4 is 46.3 Å². The molecule has 132 valence electrons. The highest BCUT2D eigenvalue weighted by Crippen LogP contribution is 2.28. The summed E-state index contributed by atoms with van der Waals surface area (Å²) in [4.78, 5) is 20.6. The lowest BCUT2D eigenvalue weighted by Gasteiger charge is -2.11. The van der Waals surface area contributed by atoms with Gasteiger partial charge in [-0.2, -0.15) is 0 Å².